The number of fused-ring (bicyclic) bond motifs is 9. The van der Waals surface area contributed by atoms with Crippen LogP contribution in [0.4, 0.5) is 0 Å². The minimum Gasteiger partial charge on any atom is -0.462 e. The van der Waals surface area contributed by atoms with Gasteiger partial charge in [-0.3, -0.25) is 19.2 Å². The maximum atomic E-state index is 14.7. The lowest BCUT2D eigenvalue weighted by Gasteiger charge is -2.65. The first-order chi connectivity index (χ1) is 22.2. The molecule has 8 fully saturated rings. The molecular formula is C34H44O14. The molecule has 8 aliphatic rings. The van der Waals surface area contributed by atoms with Crippen molar-refractivity contribution < 1.29 is 67.7 Å². The van der Waals surface area contributed by atoms with E-state index in [0.29, 0.717) is 0 Å². The van der Waals surface area contributed by atoms with Gasteiger partial charge in [-0.15, -0.1) is 0 Å². The zero-order chi connectivity index (χ0) is 35.0. The topological polar surface area (TPSA) is 208 Å². The van der Waals surface area contributed by atoms with Crippen LogP contribution in [-0.2, 0) is 52.4 Å². The van der Waals surface area contributed by atoms with Crippen molar-refractivity contribution >= 4 is 29.7 Å². The van der Waals surface area contributed by atoms with E-state index in [9.17, 15) is 39.3 Å². The van der Waals surface area contributed by atoms with Crippen LogP contribution in [0.1, 0.15) is 68.2 Å². The van der Waals surface area contributed by atoms with Crippen LogP contribution in [0, 0.1) is 51.8 Å². The van der Waals surface area contributed by atoms with Crippen LogP contribution in [0.2, 0.25) is 0 Å². The Morgan fingerprint density at radius 1 is 0.896 bits per heavy atom. The normalized spacial score (nSPS) is 59.6. The van der Waals surface area contributed by atoms with Crippen LogP contribution in [-0.4, -0.2) is 105 Å². The molecule has 3 aliphatic heterocycles. The second kappa shape index (κ2) is 9.17. The summed E-state index contributed by atoms with van der Waals surface area (Å²) in [5, 5.41) is 36.2. The van der Waals surface area contributed by atoms with E-state index in [4.69, 9.17) is 28.4 Å². The van der Waals surface area contributed by atoms with E-state index in [2.05, 4.69) is 0 Å². The molecule has 3 unspecified atom stereocenters. The second-order valence-corrected chi connectivity index (χ2v) is 16.6. The van der Waals surface area contributed by atoms with Gasteiger partial charge in [-0.25, -0.2) is 4.79 Å². The maximum Gasteiger partial charge on any atom is 0.341 e. The molecule has 0 radical (unpaired) electrons. The molecule has 264 valence electrons. The molecule has 8 rings (SSSR count). The lowest BCUT2D eigenvalue weighted by Crippen LogP contribution is -2.77. The van der Waals surface area contributed by atoms with Crippen molar-refractivity contribution in [1.29, 1.82) is 0 Å². The smallest absolute Gasteiger partial charge is 0.341 e. The van der Waals surface area contributed by atoms with Crippen LogP contribution in [0.5, 0.6) is 0 Å². The Bertz CT molecular complexity index is 1560. The molecule has 0 aromatic rings. The number of carbonyl (C=O) groups excluding carboxylic acids is 5. The molecule has 3 saturated heterocycles. The highest BCUT2D eigenvalue weighted by Crippen LogP contribution is 2.81. The number of Topliss-reactive ketones (excluding diaryl/α,β-unsaturated/α-hetero) is 1. The van der Waals surface area contributed by atoms with E-state index in [1.54, 1.807) is 13.8 Å². The summed E-state index contributed by atoms with van der Waals surface area (Å²) in [6.07, 6.45) is -6.82. The molecule has 0 amide bonds. The summed E-state index contributed by atoms with van der Waals surface area (Å²) in [6.45, 7) is 12.1. The molecule has 1 spiro atoms. The summed E-state index contributed by atoms with van der Waals surface area (Å²) in [5.41, 5.74) is -8.46. The van der Waals surface area contributed by atoms with Gasteiger partial charge in [0.05, 0.1) is 17.6 Å². The van der Waals surface area contributed by atoms with E-state index < -0.39 is 141 Å². The third-order valence-corrected chi connectivity index (χ3v) is 14.9. The van der Waals surface area contributed by atoms with Crippen molar-refractivity contribution in [3.8, 4) is 0 Å². The number of aliphatic hydroxyl groups is 3. The predicted octanol–water partition coefficient (Wildman–Crippen LogP) is 0.197. The number of hydrogen-bond acceptors (Lipinski definition) is 14. The van der Waals surface area contributed by atoms with Gasteiger partial charge in [-0.1, -0.05) is 20.8 Å². The van der Waals surface area contributed by atoms with E-state index >= 15 is 0 Å². The molecule has 5 aliphatic carbocycles. The quantitative estimate of drug-likeness (QED) is 0.207. The van der Waals surface area contributed by atoms with Gasteiger partial charge < -0.3 is 43.7 Å². The molecule has 5 saturated carbocycles. The minimum atomic E-state index is -2.17. The Morgan fingerprint density at radius 2 is 1.52 bits per heavy atom. The van der Waals surface area contributed by atoms with Crippen molar-refractivity contribution in [2.45, 2.75) is 128 Å². The van der Waals surface area contributed by atoms with Crippen LogP contribution in [0.15, 0.2) is 0 Å². The Hall–Kier alpha value is -2.65. The van der Waals surface area contributed by atoms with Gasteiger partial charge in [0.15, 0.2) is 11.7 Å². The first kappa shape index (κ1) is 32.5. The fourth-order valence-electron chi connectivity index (χ4n) is 12.7. The fraction of sp³-hybridized carbons (Fsp3) is 0.853. The van der Waals surface area contributed by atoms with Crippen molar-refractivity contribution in [3.63, 3.8) is 0 Å². The Balaban J connectivity index is 1.40. The van der Waals surface area contributed by atoms with E-state index in [1.807, 2.05) is 13.8 Å². The van der Waals surface area contributed by atoms with Crippen molar-refractivity contribution in [1.82, 2.24) is 0 Å². The molecule has 14 heteroatoms. The van der Waals surface area contributed by atoms with Crippen LogP contribution in [0.25, 0.3) is 0 Å². The van der Waals surface area contributed by atoms with Gasteiger partial charge in [-0.2, -0.15) is 0 Å². The van der Waals surface area contributed by atoms with E-state index in [-0.39, 0.29) is 12.8 Å². The number of hydrogen-bond donors (Lipinski definition) is 3. The molecule has 14 nitrogen and oxygen atoms in total. The predicted molar refractivity (Wildman–Crippen MR) is 156 cm³/mol. The minimum absolute atomic E-state index is 0.0531. The molecule has 3 N–H and O–H groups in total. The summed E-state index contributed by atoms with van der Waals surface area (Å²) in [4.78, 5) is 66.8. The third-order valence-electron chi connectivity index (χ3n) is 14.9. The second-order valence-electron chi connectivity index (χ2n) is 16.6. The number of esters is 4. The number of epoxide rings is 2. The van der Waals surface area contributed by atoms with Crippen LogP contribution in [0.3, 0.4) is 0 Å². The number of ether oxygens (including phenoxy) is 6. The van der Waals surface area contributed by atoms with Gasteiger partial charge >= 0.3 is 23.9 Å². The summed E-state index contributed by atoms with van der Waals surface area (Å²) in [7, 11) is 0. The van der Waals surface area contributed by atoms with E-state index in [1.165, 1.54) is 20.8 Å². The molecule has 48 heavy (non-hydrogen) atoms. The molecule has 0 bridgehead atoms. The highest BCUT2D eigenvalue weighted by atomic mass is 16.8. The lowest BCUT2D eigenvalue weighted by molar-refractivity contribution is -0.267. The van der Waals surface area contributed by atoms with Crippen molar-refractivity contribution in [2.75, 3.05) is 0 Å². The van der Waals surface area contributed by atoms with Gasteiger partial charge in [0.1, 0.15) is 30.0 Å². The molecule has 19 atom stereocenters. The average Bonchev–Trinajstić information content (AvgIpc) is 3.88. The average molecular weight is 677 g/mol. The largest absolute Gasteiger partial charge is 0.462 e. The van der Waals surface area contributed by atoms with Crippen LogP contribution < -0.4 is 0 Å². The highest BCUT2D eigenvalue weighted by Gasteiger charge is 2.93. The summed E-state index contributed by atoms with van der Waals surface area (Å²) in [5.74, 6) is -9.73. The van der Waals surface area contributed by atoms with Gasteiger partial charge in [-0.05, 0) is 38.0 Å². The number of aliphatic hydroxyl groups excluding tert-OH is 1. The third kappa shape index (κ3) is 3.31. The highest BCUT2D eigenvalue weighted by molar-refractivity contribution is 5.95. The van der Waals surface area contributed by atoms with Gasteiger partial charge in [0.2, 0.25) is 11.6 Å². The Morgan fingerprint density at radius 3 is 2.12 bits per heavy atom. The number of ketones is 1. The number of rotatable bonds is 3. The molecule has 0 aromatic heterocycles. The zero-order valence-electron chi connectivity index (χ0n) is 28.3. The standard InChI is InChI=1S/C34H44O14/c1-11-19-21(31(7)32(8,41)28(40)48-34(31)27(11)47-34)24(45-14(4)37)20-18-15(9-17(29(19,20)5)43-12(2)35)30(6)25(38)22-16(46-22)10-33(30,42)26(39)23(18)44-13(3)36/h11,15-25,27,38,41-42H,9-10H2,1-8H3/t11-,15?,16-,17-,18?,19-,20+,21-,22-,23?,24+,25-,27+,29+,30-,31-,32+,33-,34-/m0/s1. The zero-order valence-corrected chi connectivity index (χ0v) is 28.3. The van der Waals surface area contributed by atoms with Gasteiger partial charge in [0, 0.05) is 55.8 Å². The van der Waals surface area contributed by atoms with Crippen LogP contribution >= 0.6 is 0 Å². The number of carbonyl (C=O) groups is 5. The molecular weight excluding hydrogens is 632 g/mol. The Labute approximate surface area is 277 Å². The Kier molecular flexibility index (Phi) is 6.22. The SMILES string of the molecule is CC(=O)OC1C(=O)[C@@]2(O)C[C@@H]3O[C@@H]3[C@H](O)[C@]2(C)C2C[C@H](OC(C)=O)[C@]3(C)[C@H]4[C@H](C)[C@H]5O[C@]56OC(=O)[C@@](C)(O)[C@]6(C)[C@@H]4[C@H](OC(C)=O)[C@H]3C12. The fourth-order valence-corrected chi connectivity index (χ4v) is 12.7. The summed E-state index contributed by atoms with van der Waals surface area (Å²) >= 11 is 0. The maximum absolute atomic E-state index is 14.7. The molecule has 0 aromatic carbocycles. The lowest BCUT2D eigenvalue weighted by atomic mass is 9.40. The van der Waals surface area contributed by atoms with E-state index in [0.717, 1.165) is 6.92 Å². The first-order valence-corrected chi connectivity index (χ1v) is 16.9. The van der Waals surface area contributed by atoms with Gasteiger partial charge in [0.25, 0.3) is 0 Å². The van der Waals surface area contributed by atoms with Crippen molar-refractivity contribution in [2.24, 2.45) is 51.8 Å². The monoisotopic (exact) mass is 676 g/mol. The summed E-state index contributed by atoms with van der Waals surface area (Å²) < 4.78 is 36.1. The molecule has 3 heterocycles. The first-order valence-electron chi connectivity index (χ1n) is 16.9. The van der Waals surface area contributed by atoms with Crippen molar-refractivity contribution in [3.05, 3.63) is 0 Å². The summed E-state index contributed by atoms with van der Waals surface area (Å²) in [6, 6.07) is 0.